The predicted molar refractivity (Wildman–Crippen MR) is 91.2 cm³/mol. The van der Waals surface area contributed by atoms with Gasteiger partial charge in [0.2, 0.25) is 11.7 Å². The van der Waals surface area contributed by atoms with Crippen LogP contribution in [0.4, 0.5) is 17.6 Å². The van der Waals surface area contributed by atoms with E-state index in [1.807, 2.05) is 0 Å². The summed E-state index contributed by atoms with van der Waals surface area (Å²) in [4.78, 5) is 13.1. The van der Waals surface area contributed by atoms with Gasteiger partial charge in [-0.15, -0.1) is 10.2 Å². The van der Waals surface area contributed by atoms with Crippen LogP contribution in [0.5, 0.6) is 0 Å². The Labute approximate surface area is 157 Å². The molecule has 1 aromatic heterocycles. The molecule has 0 saturated heterocycles. The lowest BCUT2D eigenvalue weighted by Crippen LogP contribution is -2.30. The lowest BCUT2D eigenvalue weighted by Gasteiger charge is -2.13. The molecular weight excluding hydrogens is 378 g/mol. The molecule has 3 rings (SSSR count). The number of hydrogen-bond acceptors (Lipinski definition) is 4. The maximum Gasteiger partial charge on any atom is 0.416 e. The maximum absolute atomic E-state index is 13.0. The van der Waals surface area contributed by atoms with Crippen LogP contribution in [0.25, 0.3) is 11.4 Å². The molecule has 6 nitrogen and oxygen atoms in total. The molecule has 0 spiro atoms. The van der Waals surface area contributed by atoms with Crippen molar-refractivity contribution in [2.75, 3.05) is 0 Å². The third-order valence-corrected chi connectivity index (χ3v) is 3.93. The van der Waals surface area contributed by atoms with Gasteiger partial charge in [-0.05, 0) is 42.0 Å². The minimum Gasteiger partial charge on any atom is -0.348 e. The van der Waals surface area contributed by atoms with Gasteiger partial charge >= 0.3 is 6.18 Å². The van der Waals surface area contributed by atoms with Crippen LogP contribution in [0.15, 0.2) is 48.5 Å². The number of carbonyl (C=O) groups is 1. The fourth-order valence-electron chi connectivity index (χ4n) is 2.51. The van der Waals surface area contributed by atoms with Gasteiger partial charge in [-0.2, -0.15) is 18.0 Å². The first-order valence-corrected chi connectivity index (χ1v) is 8.22. The van der Waals surface area contributed by atoms with Crippen molar-refractivity contribution >= 4 is 5.91 Å². The number of aromatic nitrogens is 4. The van der Waals surface area contributed by atoms with E-state index in [9.17, 15) is 22.4 Å². The zero-order valence-electron chi connectivity index (χ0n) is 14.6. The van der Waals surface area contributed by atoms with Gasteiger partial charge in [0.15, 0.2) is 0 Å². The second-order valence-electron chi connectivity index (χ2n) is 6.06. The van der Waals surface area contributed by atoms with Crippen LogP contribution in [0.1, 0.15) is 24.1 Å². The molecule has 0 radical (unpaired) electrons. The van der Waals surface area contributed by atoms with Crippen LogP contribution in [-0.4, -0.2) is 26.1 Å². The van der Waals surface area contributed by atoms with Gasteiger partial charge in [0, 0.05) is 5.56 Å². The van der Waals surface area contributed by atoms with Gasteiger partial charge in [0.25, 0.3) is 0 Å². The summed E-state index contributed by atoms with van der Waals surface area (Å²) in [5.74, 6) is -0.827. The number of nitrogens with zero attached hydrogens (tertiary/aromatic N) is 4. The molecule has 1 N–H and O–H groups in total. The number of nitrogens with one attached hydrogen (secondary N) is 1. The first-order chi connectivity index (χ1) is 13.2. The molecule has 146 valence electrons. The monoisotopic (exact) mass is 393 g/mol. The van der Waals surface area contributed by atoms with Crippen molar-refractivity contribution in [3.63, 3.8) is 0 Å². The summed E-state index contributed by atoms with van der Waals surface area (Å²) in [6.45, 7) is 1.46. The van der Waals surface area contributed by atoms with E-state index in [0.717, 1.165) is 16.9 Å². The Hall–Kier alpha value is -3.30. The van der Waals surface area contributed by atoms with E-state index in [4.69, 9.17) is 0 Å². The van der Waals surface area contributed by atoms with Crippen LogP contribution in [0.2, 0.25) is 0 Å². The SMILES string of the molecule is C[C@@H](NC(=O)Cn1nnc(-c2cccc(C(F)(F)F)c2)n1)c1ccc(F)cc1. The topological polar surface area (TPSA) is 72.7 Å². The minimum absolute atomic E-state index is 0.0227. The molecule has 0 saturated carbocycles. The molecule has 10 heteroatoms. The van der Waals surface area contributed by atoms with Crippen LogP contribution in [0.3, 0.4) is 0 Å². The fourth-order valence-corrected chi connectivity index (χ4v) is 2.51. The van der Waals surface area contributed by atoms with Gasteiger partial charge in [0.1, 0.15) is 12.4 Å². The highest BCUT2D eigenvalue weighted by Crippen LogP contribution is 2.31. The van der Waals surface area contributed by atoms with Crippen molar-refractivity contribution in [2.45, 2.75) is 25.7 Å². The van der Waals surface area contributed by atoms with Crippen LogP contribution in [0, 0.1) is 5.82 Å². The zero-order valence-corrected chi connectivity index (χ0v) is 14.6. The summed E-state index contributed by atoms with van der Waals surface area (Å²) >= 11 is 0. The summed E-state index contributed by atoms with van der Waals surface area (Å²) in [5, 5.41) is 14.1. The molecule has 0 aliphatic rings. The Morgan fingerprint density at radius 3 is 2.57 bits per heavy atom. The van der Waals surface area contributed by atoms with Crippen molar-refractivity contribution in [1.82, 2.24) is 25.5 Å². The normalized spacial score (nSPS) is 12.6. The summed E-state index contributed by atoms with van der Waals surface area (Å²) in [5.41, 5.74) is 0.0272. The Balaban J connectivity index is 1.66. The van der Waals surface area contributed by atoms with Crippen LogP contribution in [-0.2, 0) is 17.5 Å². The van der Waals surface area contributed by atoms with Gasteiger partial charge < -0.3 is 5.32 Å². The first kappa shape index (κ1) is 19.5. The molecule has 0 aliphatic heterocycles. The molecule has 0 fully saturated rings. The van der Waals surface area contributed by atoms with Gasteiger partial charge in [-0.1, -0.05) is 24.3 Å². The van der Waals surface area contributed by atoms with E-state index in [0.29, 0.717) is 5.56 Å². The standard InChI is InChI=1S/C18H15F4N5O/c1-11(12-5-7-15(19)8-6-12)23-16(28)10-27-25-17(24-26-27)13-3-2-4-14(9-13)18(20,21)22/h2-9,11H,10H2,1H3,(H,23,28)/t11-/m1/s1. The van der Waals surface area contributed by atoms with Crippen molar-refractivity contribution < 1.29 is 22.4 Å². The second-order valence-corrected chi connectivity index (χ2v) is 6.06. The maximum atomic E-state index is 13.0. The highest BCUT2D eigenvalue weighted by molar-refractivity contribution is 5.76. The largest absolute Gasteiger partial charge is 0.416 e. The highest BCUT2D eigenvalue weighted by atomic mass is 19.4. The second kappa shape index (κ2) is 7.75. The average Bonchev–Trinajstić information content (AvgIpc) is 3.10. The molecule has 0 unspecified atom stereocenters. The van der Waals surface area contributed by atoms with Gasteiger partial charge in [-0.25, -0.2) is 4.39 Å². The van der Waals surface area contributed by atoms with Gasteiger partial charge in [-0.3, -0.25) is 4.79 Å². The Kier molecular flexibility index (Phi) is 5.39. The summed E-state index contributed by atoms with van der Waals surface area (Å²) in [7, 11) is 0. The molecule has 0 bridgehead atoms. The van der Waals surface area contributed by atoms with E-state index < -0.39 is 17.6 Å². The smallest absolute Gasteiger partial charge is 0.348 e. The van der Waals surface area contributed by atoms with E-state index >= 15 is 0 Å². The molecule has 28 heavy (non-hydrogen) atoms. The number of amides is 1. The molecule has 1 heterocycles. The van der Waals surface area contributed by atoms with Crippen molar-refractivity contribution in [3.05, 3.63) is 65.5 Å². The Morgan fingerprint density at radius 1 is 1.18 bits per heavy atom. The quantitative estimate of drug-likeness (QED) is 0.675. The highest BCUT2D eigenvalue weighted by Gasteiger charge is 2.30. The summed E-state index contributed by atoms with van der Waals surface area (Å²) in [6, 6.07) is 9.84. The molecular formula is C18H15F4N5O. The summed E-state index contributed by atoms with van der Waals surface area (Å²) < 4.78 is 51.4. The Bertz CT molecular complexity index is 969. The van der Waals surface area contributed by atoms with E-state index in [1.165, 1.54) is 24.3 Å². The van der Waals surface area contributed by atoms with Crippen LogP contribution < -0.4 is 5.32 Å². The average molecular weight is 393 g/mol. The number of halogens is 4. The zero-order chi connectivity index (χ0) is 20.3. The molecule has 0 aliphatic carbocycles. The van der Waals surface area contributed by atoms with Gasteiger partial charge in [0.05, 0.1) is 11.6 Å². The van der Waals surface area contributed by atoms with Crippen molar-refractivity contribution in [2.24, 2.45) is 0 Å². The fraction of sp³-hybridized carbons (Fsp3) is 0.222. The number of hydrogen-bond donors (Lipinski definition) is 1. The number of rotatable bonds is 5. The van der Waals surface area contributed by atoms with E-state index in [1.54, 1.807) is 19.1 Å². The van der Waals surface area contributed by atoms with Crippen molar-refractivity contribution in [3.8, 4) is 11.4 Å². The summed E-state index contributed by atoms with van der Waals surface area (Å²) in [6.07, 6.45) is -4.48. The number of alkyl halides is 3. The van der Waals surface area contributed by atoms with Crippen LogP contribution >= 0.6 is 0 Å². The Morgan fingerprint density at radius 2 is 1.89 bits per heavy atom. The number of carbonyl (C=O) groups excluding carboxylic acids is 1. The molecule has 3 aromatic rings. The minimum atomic E-state index is -4.48. The number of benzene rings is 2. The van der Waals surface area contributed by atoms with E-state index in [2.05, 4.69) is 20.7 Å². The predicted octanol–water partition coefficient (Wildman–Crippen LogP) is 3.38. The first-order valence-electron chi connectivity index (χ1n) is 8.22. The lowest BCUT2D eigenvalue weighted by molar-refractivity contribution is -0.137. The molecule has 1 amide bonds. The third kappa shape index (κ3) is 4.70. The van der Waals surface area contributed by atoms with E-state index in [-0.39, 0.29) is 29.8 Å². The molecule has 2 aromatic carbocycles. The third-order valence-electron chi connectivity index (χ3n) is 3.93. The lowest BCUT2D eigenvalue weighted by atomic mass is 10.1. The van der Waals surface area contributed by atoms with Crippen molar-refractivity contribution in [1.29, 1.82) is 0 Å². The number of tetrazole rings is 1. The molecule has 1 atom stereocenters.